The molecule has 0 radical (unpaired) electrons. The molecule has 1 rings (SSSR count). The molecule has 6 nitrogen and oxygen atoms in total. The summed E-state index contributed by atoms with van der Waals surface area (Å²) in [6.07, 6.45) is 1.17. The Morgan fingerprint density at radius 2 is 1.78 bits per heavy atom. The minimum Gasteiger partial charge on any atom is -0.396 e. The largest absolute Gasteiger partial charge is 0.396 e. The van der Waals surface area contributed by atoms with Gasteiger partial charge >= 0.3 is 0 Å². The van der Waals surface area contributed by atoms with Crippen LogP contribution in [0.3, 0.4) is 0 Å². The van der Waals surface area contributed by atoms with Gasteiger partial charge in [0.15, 0.2) is 0 Å². The maximum absolute atomic E-state index is 9.82. The summed E-state index contributed by atoms with van der Waals surface area (Å²) in [6, 6.07) is -0.333. The number of aliphatic hydroxyl groups is 4. The fourth-order valence-corrected chi connectivity index (χ4v) is 2.14. The first-order valence-corrected chi connectivity index (χ1v) is 6.63. The van der Waals surface area contributed by atoms with Gasteiger partial charge < -0.3 is 30.5 Å². The summed E-state index contributed by atoms with van der Waals surface area (Å²) in [5.74, 6) is 0. The molecule has 0 aromatic carbocycles. The third-order valence-corrected chi connectivity index (χ3v) is 3.28. The van der Waals surface area contributed by atoms with Gasteiger partial charge in [-0.15, -0.1) is 0 Å². The molecule has 1 fully saturated rings. The molecule has 1 aliphatic heterocycles. The van der Waals surface area contributed by atoms with Gasteiger partial charge in [0.1, 0.15) is 12.2 Å². The maximum atomic E-state index is 9.82. The van der Waals surface area contributed by atoms with Gasteiger partial charge in [-0.3, -0.25) is 0 Å². The van der Waals surface area contributed by atoms with Crippen molar-refractivity contribution in [1.29, 1.82) is 0 Å². The molecule has 1 saturated heterocycles. The molecule has 0 amide bonds. The number of piperidine rings is 1. The van der Waals surface area contributed by atoms with Crippen LogP contribution in [0.15, 0.2) is 0 Å². The summed E-state index contributed by atoms with van der Waals surface area (Å²) in [5, 5.41) is 40.1. The predicted molar refractivity (Wildman–Crippen MR) is 66.2 cm³/mol. The van der Waals surface area contributed by atoms with Crippen molar-refractivity contribution in [3.63, 3.8) is 0 Å². The molecule has 0 unspecified atom stereocenters. The lowest BCUT2D eigenvalue weighted by atomic mass is 9.96. The van der Waals surface area contributed by atoms with Crippen LogP contribution in [-0.4, -0.2) is 71.1 Å². The highest BCUT2D eigenvalue weighted by Gasteiger charge is 2.37. The van der Waals surface area contributed by atoms with E-state index in [0.717, 1.165) is 25.7 Å². The van der Waals surface area contributed by atoms with Crippen LogP contribution >= 0.6 is 0 Å². The second kappa shape index (κ2) is 8.79. The van der Waals surface area contributed by atoms with Gasteiger partial charge in [0.2, 0.25) is 0 Å². The second-order valence-corrected chi connectivity index (χ2v) is 4.73. The van der Waals surface area contributed by atoms with E-state index in [1.807, 2.05) is 0 Å². The van der Waals surface area contributed by atoms with E-state index in [1.54, 1.807) is 0 Å². The molecule has 0 spiro atoms. The van der Waals surface area contributed by atoms with Crippen LogP contribution in [0.1, 0.15) is 25.7 Å². The van der Waals surface area contributed by atoms with E-state index in [9.17, 15) is 15.3 Å². The van der Waals surface area contributed by atoms with Crippen molar-refractivity contribution in [3.8, 4) is 0 Å². The summed E-state index contributed by atoms with van der Waals surface area (Å²) < 4.78 is 5.55. The number of hydrogen-bond donors (Lipinski definition) is 5. The normalized spacial score (nSPS) is 32.7. The summed E-state index contributed by atoms with van der Waals surface area (Å²) in [6.45, 7) is 0.838. The molecule has 0 saturated carbocycles. The molecule has 0 aliphatic carbocycles. The number of rotatable bonds is 8. The monoisotopic (exact) mass is 263 g/mol. The van der Waals surface area contributed by atoms with Crippen LogP contribution in [0.4, 0.5) is 0 Å². The highest BCUT2D eigenvalue weighted by atomic mass is 16.5. The Labute approximate surface area is 108 Å². The summed E-state index contributed by atoms with van der Waals surface area (Å²) in [5.41, 5.74) is 0. The molecule has 0 aromatic rings. The van der Waals surface area contributed by atoms with E-state index in [1.165, 1.54) is 0 Å². The molecule has 18 heavy (non-hydrogen) atoms. The number of aliphatic hydroxyl groups excluding tert-OH is 4. The van der Waals surface area contributed by atoms with Gasteiger partial charge in [-0.1, -0.05) is 12.8 Å². The Hall–Kier alpha value is -0.240. The van der Waals surface area contributed by atoms with Crippen molar-refractivity contribution in [2.75, 3.05) is 26.4 Å². The average molecular weight is 263 g/mol. The van der Waals surface area contributed by atoms with Crippen LogP contribution in [0.25, 0.3) is 0 Å². The smallest absolute Gasteiger partial charge is 0.109 e. The fourth-order valence-electron chi connectivity index (χ4n) is 2.14. The van der Waals surface area contributed by atoms with Crippen LogP contribution < -0.4 is 5.32 Å². The SMILES string of the molecule is OCCCCCCO[C@H]1[C@H](O)[C@@H](O)CN[C@@H]1CO. The van der Waals surface area contributed by atoms with Crippen molar-refractivity contribution in [2.45, 2.75) is 50.0 Å². The third kappa shape index (κ3) is 4.79. The van der Waals surface area contributed by atoms with Crippen molar-refractivity contribution in [2.24, 2.45) is 0 Å². The van der Waals surface area contributed by atoms with Gasteiger partial charge in [-0.25, -0.2) is 0 Å². The molecule has 0 bridgehead atoms. The minimum atomic E-state index is -0.958. The lowest BCUT2D eigenvalue weighted by molar-refractivity contribution is -0.129. The lowest BCUT2D eigenvalue weighted by Gasteiger charge is -2.38. The quantitative estimate of drug-likeness (QED) is 0.346. The molecule has 4 atom stereocenters. The highest BCUT2D eigenvalue weighted by molar-refractivity contribution is 4.92. The minimum absolute atomic E-state index is 0.126. The van der Waals surface area contributed by atoms with Gasteiger partial charge in [-0.05, 0) is 12.8 Å². The van der Waals surface area contributed by atoms with Gasteiger partial charge in [0, 0.05) is 19.8 Å². The molecule has 1 aliphatic rings. The zero-order valence-corrected chi connectivity index (χ0v) is 10.7. The summed E-state index contributed by atoms with van der Waals surface area (Å²) in [4.78, 5) is 0. The fraction of sp³-hybridized carbons (Fsp3) is 1.00. The van der Waals surface area contributed by atoms with E-state index < -0.39 is 18.3 Å². The lowest BCUT2D eigenvalue weighted by Crippen LogP contribution is -2.61. The Morgan fingerprint density at radius 1 is 1.06 bits per heavy atom. The molecule has 108 valence electrons. The third-order valence-electron chi connectivity index (χ3n) is 3.28. The second-order valence-electron chi connectivity index (χ2n) is 4.73. The van der Waals surface area contributed by atoms with E-state index in [-0.39, 0.29) is 25.8 Å². The number of unbranched alkanes of at least 4 members (excludes halogenated alkanes) is 3. The Balaban J connectivity index is 2.24. The average Bonchev–Trinajstić information content (AvgIpc) is 2.38. The molecule has 0 aromatic heterocycles. The zero-order valence-electron chi connectivity index (χ0n) is 10.7. The Morgan fingerprint density at radius 3 is 2.44 bits per heavy atom. The number of ether oxygens (including phenoxy) is 1. The van der Waals surface area contributed by atoms with Gasteiger partial charge in [0.05, 0.1) is 18.8 Å². The Kier molecular flexibility index (Phi) is 7.73. The van der Waals surface area contributed by atoms with Gasteiger partial charge in [-0.2, -0.15) is 0 Å². The van der Waals surface area contributed by atoms with Crippen molar-refractivity contribution in [1.82, 2.24) is 5.32 Å². The van der Waals surface area contributed by atoms with Crippen molar-refractivity contribution in [3.05, 3.63) is 0 Å². The van der Waals surface area contributed by atoms with E-state index in [0.29, 0.717) is 6.61 Å². The zero-order chi connectivity index (χ0) is 13.4. The van der Waals surface area contributed by atoms with Gasteiger partial charge in [0.25, 0.3) is 0 Å². The van der Waals surface area contributed by atoms with Crippen LogP contribution in [0, 0.1) is 0 Å². The summed E-state index contributed by atoms with van der Waals surface area (Å²) in [7, 11) is 0. The predicted octanol–water partition coefficient (Wildman–Crippen LogP) is -1.39. The number of nitrogens with one attached hydrogen (secondary N) is 1. The first-order valence-electron chi connectivity index (χ1n) is 6.63. The van der Waals surface area contributed by atoms with E-state index in [4.69, 9.17) is 9.84 Å². The van der Waals surface area contributed by atoms with E-state index in [2.05, 4.69) is 5.32 Å². The van der Waals surface area contributed by atoms with Crippen molar-refractivity contribution >= 4 is 0 Å². The standard InChI is InChI=1S/C12H25NO5/c14-5-3-1-2-4-6-18-12-9(8-15)13-7-10(16)11(12)17/h9-17H,1-8H2/t9-,10+,11-,12-/m1/s1. The molecule has 6 heteroatoms. The number of β-amino-alcohol motifs (C(OH)–C–C–N with tert-alkyl or cyclic N) is 1. The highest BCUT2D eigenvalue weighted by Crippen LogP contribution is 2.15. The van der Waals surface area contributed by atoms with E-state index >= 15 is 0 Å². The molecule has 5 N–H and O–H groups in total. The first kappa shape index (κ1) is 15.8. The van der Waals surface area contributed by atoms with Crippen LogP contribution in [0.5, 0.6) is 0 Å². The van der Waals surface area contributed by atoms with Crippen LogP contribution in [-0.2, 0) is 4.74 Å². The molecular weight excluding hydrogens is 238 g/mol. The molecular formula is C12H25NO5. The Bertz CT molecular complexity index is 215. The van der Waals surface area contributed by atoms with Crippen LogP contribution in [0.2, 0.25) is 0 Å². The summed E-state index contributed by atoms with van der Waals surface area (Å²) >= 11 is 0. The first-order chi connectivity index (χ1) is 8.70. The molecule has 1 heterocycles. The van der Waals surface area contributed by atoms with Crippen molar-refractivity contribution < 1.29 is 25.2 Å². The maximum Gasteiger partial charge on any atom is 0.109 e. The number of hydrogen-bond acceptors (Lipinski definition) is 6. The topological polar surface area (TPSA) is 102 Å².